The van der Waals surface area contributed by atoms with E-state index in [1.165, 1.54) is 55.6 Å². The molecule has 2 heterocycles. The number of benzene rings is 12. The second kappa shape index (κ2) is 17.6. The molecule has 0 atom stereocenters. The lowest BCUT2D eigenvalue weighted by Gasteiger charge is -2.39. The highest BCUT2D eigenvalue weighted by Crippen LogP contribution is 2.63. The summed E-state index contributed by atoms with van der Waals surface area (Å²) in [5, 5.41) is 2.14. The van der Waals surface area contributed by atoms with Gasteiger partial charge in [0.1, 0.15) is 11.5 Å². The lowest BCUT2D eigenvalue weighted by Crippen LogP contribution is -2.32. The van der Waals surface area contributed by atoms with E-state index in [1.54, 1.807) is 0 Å². The molecule has 0 amide bonds. The Labute approximate surface area is 458 Å². The van der Waals surface area contributed by atoms with Gasteiger partial charge in [-0.05, 0) is 107 Å². The van der Waals surface area contributed by atoms with Gasteiger partial charge in [0.05, 0.1) is 10.8 Å². The molecule has 0 N–H and O–H groups in total. The molecule has 12 aromatic carbocycles. The zero-order valence-electron chi connectivity index (χ0n) is 42.9. The maximum absolute atomic E-state index is 6.92. The number of rotatable bonds is 7. The van der Waals surface area contributed by atoms with Crippen molar-refractivity contribution in [3.05, 3.63) is 330 Å². The van der Waals surface area contributed by atoms with Gasteiger partial charge in [-0.3, -0.25) is 0 Å². The molecule has 4 heteroatoms. The Morgan fingerprint density at radius 1 is 0.253 bits per heavy atom. The molecule has 0 unspecified atom stereocenters. The van der Waals surface area contributed by atoms with Crippen molar-refractivity contribution in [3.63, 3.8) is 0 Å². The van der Waals surface area contributed by atoms with Gasteiger partial charge >= 0.3 is 0 Å². The topological polar surface area (TPSA) is 47.9 Å². The molecule has 0 fully saturated rings. The van der Waals surface area contributed by atoms with Crippen LogP contribution in [-0.2, 0) is 10.8 Å². The van der Waals surface area contributed by atoms with Crippen molar-refractivity contribution in [1.82, 2.24) is 15.0 Å². The van der Waals surface area contributed by atoms with Gasteiger partial charge in [0, 0.05) is 27.8 Å². The summed E-state index contributed by atoms with van der Waals surface area (Å²) in [5.41, 5.74) is 20.2. The average Bonchev–Trinajstić information content (AvgIpc) is 4.16. The van der Waals surface area contributed by atoms with Crippen LogP contribution in [-0.4, -0.2) is 15.0 Å². The summed E-state index contributed by atoms with van der Waals surface area (Å²) < 4.78 is 6.92. The first-order chi connectivity index (χ1) is 39.2. The quantitative estimate of drug-likeness (QED) is 0.160. The van der Waals surface area contributed by atoms with Crippen molar-refractivity contribution in [2.45, 2.75) is 10.8 Å². The van der Waals surface area contributed by atoms with Crippen LogP contribution in [0.4, 0.5) is 0 Å². The predicted octanol–water partition coefficient (Wildman–Crippen LogP) is 18.2. The van der Waals surface area contributed by atoms with E-state index in [0.717, 1.165) is 72.3 Å². The second-order valence-corrected chi connectivity index (χ2v) is 20.8. The monoisotopic (exact) mass is 1010 g/mol. The van der Waals surface area contributed by atoms with Gasteiger partial charge < -0.3 is 4.74 Å². The molecule has 4 nitrogen and oxygen atoms in total. The van der Waals surface area contributed by atoms with Gasteiger partial charge in [-0.15, -0.1) is 0 Å². The summed E-state index contributed by atoms with van der Waals surface area (Å²) in [5.74, 6) is 3.46. The van der Waals surface area contributed by atoms with Crippen LogP contribution in [0.3, 0.4) is 0 Å². The fourth-order valence-corrected chi connectivity index (χ4v) is 13.7. The van der Waals surface area contributed by atoms with Crippen molar-refractivity contribution in [1.29, 1.82) is 0 Å². The maximum atomic E-state index is 6.92. The van der Waals surface area contributed by atoms with Gasteiger partial charge in [-0.25, -0.2) is 15.0 Å². The van der Waals surface area contributed by atoms with Crippen LogP contribution in [0.15, 0.2) is 285 Å². The van der Waals surface area contributed by atoms with Gasteiger partial charge in [-0.1, -0.05) is 267 Å². The molecular formula is C75H47N3O. The Balaban J connectivity index is 0.937. The normalized spacial score (nSPS) is 13.6. The van der Waals surface area contributed by atoms with Crippen LogP contribution in [0, 0.1) is 0 Å². The SMILES string of the molecule is c1ccc(-c2nc(-c3ccccc3-c3ccccc3C3(c4ccccc4)c4ccccc4-c4ccccc43)nc(-c3c(-c4ccc5c(c4)C4(c6ccccc6O5)c5ccccc5-c5ccccc54)ccc4ccccc34)n2)cc1. The molecule has 1 spiro atoms. The first-order valence-corrected chi connectivity index (χ1v) is 27.1. The van der Waals surface area contributed by atoms with E-state index in [-0.39, 0.29) is 0 Å². The van der Waals surface area contributed by atoms with E-state index in [1.807, 2.05) is 6.07 Å². The Morgan fingerprint density at radius 3 is 1.32 bits per heavy atom. The molecule has 16 rings (SSSR count). The zero-order valence-corrected chi connectivity index (χ0v) is 42.9. The molecule has 0 saturated heterocycles. The third kappa shape index (κ3) is 6.52. The molecule has 3 aliphatic rings. The molecule has 368 valence electrons. The van der Waals surface area contributed by atoms with Gasteiger partial charge in [0.15, 0.2) is 17.5 Å². The van der Waals surface area contributed by atoms with Gasteiger partial charge in [-0.2, -0.15) is 0 Å². The minimum Gasteiger partial charge on any atom is -0.457 e. The Bertz CT molecular complexity index is 4510. The number of para-hydroxylation sites is 1. The highest BCUT2D eigenvalue weighted by molar-refractivity contribution is 6.04. The third-order valence-electron chi connectivity index (χ3n) is 16.9. The highest BCUT2D eigenvalue weighted by atomic mass is 16.5. The van der Waals surface area contributed by atoms with Crippen molar-refractivity contribution in [2.24, 2.45) is 0 Å². The number of aromatic nitrogens is 3. The molecule has 13 aromatic rings. The van der Waals surface area contributed by atoms with E-state index in [0.29, 0.717) is 17.5 Å². The van der Waals surface area contributed by atoms with E-state index < -0.39 is 10.8 Å². The molecule has 0 saturated carbocycles. The van der Waals surface area contributed by atoms with E-state index in [2.05, 4.69) is 279 Å². The second-order valence-electron chi connectivity index (χ2n) is 20.8. The predicted molar refractivity (Wildman–Crippen MR) is 319 cm³/mol. The van der Waals surface area contributed by atoms with Gasteiger partial charge in [0.25, 0.3) is 0 Å². The molecular weight excluding hydrogens is 959 g/mol. The first-order valence-electron chi connectivity index (χ1n) is 27.1. The number of hydrogen-bond acceptors (Lipinski definition) is 4. The standard InChI is InChI=1S/C75H47N3O/c1-3-24-49(25-4-1)71-76-72(60-35-10-9-29-54(60)55-30-11-16-36-61(55)74(51-26-5-2-6-27-51)62-37-17-12-31-56(62)57-32-13-18-38-63(57)74)78-73(77-71)70-52-28-8-7-23-48(52)43-45-53(70)50-44-46-69-67(47-50)75(66-41-21-22-42-68(66)79-69)64-39-19-14-33-58(64)59-34-15-20-40-65(59)75/h1-47H. The van der Waals surface area contributed by atoms with Crippen molar-refractivity contribution >= 4 is 10.8 Å². The van der Waals surface area contributed by atoms with E-state index in [9.17, 15) is 0 Å². The number of hydrogen-bond donors (Lipinski definition) is 0. The summed E-state index contributed by atoms with van der Waals surface area (Å²) in [7, 11) is 0. The minimum absolute atomic E-state index is 0.586. The number of fused-ring (bicyclic) bond motifs is 13. The van der Waals surface area contributed by atoms with E-state index in [4.69, 9.17) is 19.7 Å². The summed E-state index contributed by atoms with van der Waals surface area (Å²) in [6.07, 6.45) is 0. The molecule has 1 aliphatic heterocycles. The van der Waals surface area contributed by atoms with Crippen LogP contribution in [0.1, 0.15) is 44.5 Å². The van der Waals surface area contributed by atoms with Crippen LogP contribution >= 0.6 is 0 Å². The molecule has 0 radical (unpaired) electrons. The number of nitrogens with zero attached hydrogens (tertiary/aromatic N) is 3. The van der Waals surface area contributed by atoms with Gasteiger partial charge in [0.2, 0.25) is 0 Å². The molecule has 1 aromatic heterocycles. The van der Waals surface area contributed by atoms with Crippen LogP contribution in [0.5, 0.6) is 11.5 Å². The summed E-state index contributed by atoms with van der Waals surface area (Å²) in [6.45, 7) is 0. The molecule has 79 heavy (non-hydrogen) atoms. The van der Waals surface area contributed by atoms with Crippen molar-refractivity contribution < 1.29 is 4.74 Å². The Kier molecular flexibility index (Phi) is 10.0. The van der Waals surface area contributed by atoms with Crippen molar-refractivity contribution in [3.8, 4) is 90.2 Å². The minimum atomic E-state index is -0.632. The van der Waals surface area contributed by atoms with Crippen molar-refractivity contribution in [2.75, 3.05) is 0 Å². The van der Waals surface area contributed by atoms with Crippen LogP contribution in [0.25, 0.3) is 89.4 Å². The summed E-state index contributed by atoms with van der Waals surface area (Å²) >= 11 is 0. The summed E-state index contributed by atoms with van der Waals surface area (Å²) in [6, 6.07) is 103. The zero-order chi connectivity index (χ0) is 52.1. The third-order valence-corrected chi connectivity index (χ3v) is 16.9. The Hall–Kier alpha value is -10.3. The van der Waals surface area contributed by atoms with Crippen LogP contribution < -0.4 is 4.74 Å². The largest absolute Gasteiger partial charge is 0.457 e. The first kappa shape index (κ1) is 45.0. The lowest BCUT2D eigenvalue weighted by atomic mass is 9.65. The lowest BCUT2D eigenvalue weighted by molar-refractivity contribution is 0.436. The smallest absolute Gasteiger partial charge is 0.165 e. The van der Waals surface area contributed by atoms with E-state index >= 15 is 0 Å². The van der Waals surface area contributed by atoms with Crippen LogP contribution in [0.2, 0.25) is 0 Å². The number of ether oxygens (including phenoxy) is 1. The maximum Gasteiger partial charge on any atom is 0.165 e. The molecule has 2 aliphatic carbocycles. The summed E-state index contributed by atoms with van der Waals surface area (Å²) in [4.78, 5) is 16.7. The average molecular weight is 1010 g/mol. The molecule has 0 bridgehead atoms. The Morgan fingerprint density at radius 2 is 0.696 bits per heavy atom. The fraction of sp³-hybridized carbons (Fsp3) is 0.0267. The fourth-order valence-electron chi connectivity index (χ4n) is 13.7. The highest BCUT2D eigenvalue weighted by Gasteiger charge is 2.51.